The molecular weight excluding hydrogens is 244 g/mol. The van der Waals surface area contributed by atoms with Crippen LogP contribution in [0.3, 0.4) is 0 Å². The summed E-state index contributed by atoms with van der Waals surface area (Å²) < 4.78 is 0. The number of hydrogen-bond donors (Lipinski definition) is 1. The number of piperazine rings is 1. The van der Waals surface area contributed by atoms with Crippen molar-refractivity contribution in [2.24, 2.45) is 11.3 Å². The molecule has 1 aliphatic heterocycles. The van der Waals surface area contributed by atoms with E-state index in [1.165, 1.54) is 45.1 Å². The first-order valence-corrected chi connectivity index (χ1v) is 8.92. The third-order valence-electron chi connectivity index (χ3n) is 5.70. The summed E-state index contributed by atoms with van der Waals surface area (Å²) in [4.78, 5) is 2.85. The fourth-order valence-corrected chi connectivity index (χ4v) is 4.29. The summed E-state index contributed by atoms with van der Waals surface area (Å²) in [7, 11) is 0. The Morgan fingerprint density at radius 3 is 2.35 bits per heavy atom. The number of rotatable bonds is 3. The summed E-state index contributed by atoms with van der Waals surface area (Å²) in [6, 6.07) is 2.15. The maximum atomic E-state index is 3.78. The highest BCUT2D eigenvalue weighted by Gasteiger charge is 2.37. The largest absolute Gasteiger partial charge is 0.311 e. The van der Waals surface area contributed by atoms with Crippen molar-refractivity contribution in [1.82, 2.24) is 10.2 Å². The van der Waals surface area contributed by atoms with Crippen LogP contribution in [0.1, 0.15) is 73.1 Å². The molecule has 3 unspecified atom stereocenters. The zero-order chi connectivity index (χ0) is 14.8. The van der Waals surface area contributed by atoms with E-state index < -0.39 is 0 Å². The molecule has 1 aliphatic carbocycles. The molecule has 1 saturated carbocycles. The van der Waals surface area contributed by atoms with Crippen molar-refractivity contribution < 1.29 is 0 Å². The summed E-state index contributed by atoms with van der Waals surface area (Å²) in [5.74, 6) is 0.954. The van der Waals surface area contributed by atoms with Crippen LogP contribution in [-0.4, -0.2) is 36.1 Å². The predicted molar refractivity (Wildman–Crippen MR) is 88.1 cm³/mol. The van der Waals surface area contributed by atoms with E-state index in [-0.39, 0.29) is 0 Å². The van der Waals surface area contributed by atoms with Crippen LogP contribution in [0.4, 0.5) is 0 Å². The molecule has 0 radical (unpaired) electrons. The van der Waals surface area contributed by atoms with Crippen LogP contribution in [0, 0.1) is 11.3 Å². The average Bonchev–Trinajstić information content (AvgIpc) is 2.41. The Bertz CT molecular complexity index is 288. The number of hydrogen-bond acceptors (Lipinski definition) is 2. The zero-order valence-corrected chi connectivity index (χ0v) is 14.4. The highest BCUT2D eigenvalue weighted by atomic mass is 15.3. The van der Waals surface area contributed by atoms with Gasteiger partial charge < -0.3 is 5.32 Å². The van der Waals surface area contributed by atoms with Crippen molar-refractivity contribution in [2.75, 3.05) is 13.1 Å². The minimum absolute atomic E-state index is 0.364. The maximum absolute atomic E-state index is 3.78. The SMILES string of the molecule is CCC(C1CCCCC1)N1CC(C(C)(C)C)NCC1C. The highest BCUT2D eigenvalue weighted by molar-refractivity contribution is 4.94. The third-order valence-corrected chi connectivity index (χ3v) is 5.70. The van der Waals surface area contributed by atoms with Gasteiger partial charge in [-0.3, -0.25) is 4.90 Å². The first-order valence-electron chi connectivity index (χ1n) is 8.92. The third kappa shape index (κ3) is 3.76. The maximum Gasteiger partial charge on any atom is 0.0244 e. The van der Waals surface area contributed by atoms with Crippen LogP contribution < -0.4 is 5.32 Å². The number of nitrogens with zero attached hydrogens (tertiary/aromatic N) is 1. The lowest BCUT2D eigenvalue weighted by Crippen LogP contribution is -2.62. The van der Waals surface area contributed by atoms with E-state index in [1.54, 1.807) is 0 Å². The van der Waals surface area contributed by atoms with Crippen LogP contribution in [0.2, 0.25) is 0 Å². The lowest BCUT2D eigenvalue weighted by Gasteiger charge is -2.49. The fraction of sp³-hybridized carbons (Fsp3) is 1.00. The van der Waals surface area contributed by atoms with Gasteiger partial charge in [0.05, 0.1) is 0 Å². The van der Waals surface area contributed by atoms with Gasteiger partial charge in [-0.15, -0.1) is 0 Å². The number of nitrogens with one attached hydrogen (secondary N) is 1. The van der Waals surface area contributed by atoms with Crippen molar-refractivity contribution in [1.29, 1.82) is 0 Å². The Balaban J connectivity index is 2.05. The van der Waals surface area contributed by atoms with Crippen molar-refractivity contribution in [3.63, 3.8) is 0 Å². The highest BCUT2D eigenvalue weighted by Crippen LogP contribution is 2.33. The van der Waals surface area contributed by atoms with E-state index in [4.69, 9.17) is 0 Å². The lowest BCUT2D eigenvalue weighted by molar-refractivity contribution is 0.0227. The molecule has 0 aromatic carbocycles. The molecule has 2 nitrogen and oxygen atoms in total. The van der Waals surface area contributed by atoms with E-state index in [2.05, 4.69) is 44.8 Å². The standard InChI is InChI=1S/C18H36N2/c1-6-16(15-10-8-7-9-11-15)20-13-17(18(3,4)5)19-12-14(20)2/h14-17,19H,6-13H2,1-5H3. The van der Waals surface area contributed by atoms with Crippen LogP contribution in [0.15, 0.2) is 0 Å². The fourth-order valence-electron chi connectivity index (χ4n) is 4.29. The lowest BCUT2D eigenvalue weighted by atomic mass is 9.79. The average molecular weight is 280 g/mol. The van der Waals surface area contributed by atoms with Crippen LogP contribution in [0.25, 0.3) is 0 Å². The molecular formula is C18H36N2. The molecule has 20 heavy (non-hydrogen) atoms. The molecule has 0 amide bonds. The predicted octanol–water partition coefficient (Wildman–Crippen LogP) is 4.05. The van der Waals surface area contributed by atoms with Gasteiger partial charge in [-0.2, -0.15) is 0 Å². The van der Waals surface area contributed by atoms with Gasteiger partial charge >= 0.3 is 0 Å². The Labute approximate surface area is 126 Å². The molecule has 0 aromatic heterocycles. The van der Waals surface area contributed by atoms with Crippen molar-refractivity contribution in [3.05, 3.63) is 0 Å². The van der Waals surface area contributed by atoms with Crippen LogP contribution >= 0.6 is 0 Å². The van der Waals surface area contributed by atoms with Crippen molar-refractivity contribution >= 4 is 0 Å². The summed E-state index contributed by atoms with van der Waals surface area (Å²) >= 11 is 0. The van der Waals surface area contributed by atoms with Gasteiger partial charge in [0.15, 0.2) is 0 Å². The normalized spacial score (nSPS) is 32.2. The summed E-state index contributed by atoms with van der Waals surface area (Å²) in [6.45, 7) is 14.3. The summed E-state index contributed by atoms with van der Waals surface area (Å²) in [6.07, 6.45) is 8.65. The molecule has 0 aromatic rings. The molecule has 3 atom stereocenters. The molecule has 2 heteroatoms. The monoisotopic (exact) mass is 280 g/mol. The van der Waals surface area contributed by atoms with E-state index >= 15 is 0 Å². The second-order valence-corrected chi connectivity index (χ2v) is 8.25. The Morgan fingerprint density at radius 2 is 1.80 bits per heavy atom. The summed E-state index contributed by atoms with van der Waals surface area (Å²) in [5, 5.41) is 3.78. The van der Waals surface area contributed by atoms with E-state index in [9.17, 15) is 0 Å². The van der Waals surface area contributed by atoms with E-state index in [0.29, 0.717) is 17.5 Å². The smallest absolute Gasteiger partial charge is 0.0244 e. The van der Waals surface area contributed by atoms with Gasteiger partial charge in [-0.05, 0) is 37.5 Å². The van der Waals surface area contributed by atoms with E-state index in [1.807, 2.05) is 0 Å². The minimum Gasteiger partial charge on any atom is -0.311 e. The van der Waals surface area contributed by atoms with Crippen LogP contribution in [0.5, 0.6) is 0 Å². The van der Waals surface area contributed by atoms with Gasteiger partial charge in [-0.25, -0.2) is 0 Å². The Kier molecular flexibility index (Phi) is 5.53. The molecule has 2 fully saturated rings. The second kappa shape index (κ2) is 6.79. The van der Waals surface area contributed by atoms with Gasteiger partial charge in [0, 0.05) is 31.2 Å². The van der Waals surface area contributed by atoms with Crippen LogP contribution in [-0.2, 0) is 0 Å². The van der Waals surface area contributed by atoms with E-state index in [0.717, 1.165) is 18.5 Å². The first kappa shape index (κ1) is 16.3. The summed E-state index contributed by atoms with van der Waals surface area (Å²) in [5.41, 5.74) is 0.364. The molecule has 1 saturated heterocycles. The van der Waals surface area contributed by atoms with Gasteiger partial charge in [0.2, 0.25) is 0 Å². The van der Waals surface area contributed by atoms with Gasteiger partial charge in [0.1, 0.15) is 0 Å². The molecule has 2 aliphatic rings. The zero-order valence-electron chi connectivity index (χ0n) is 14.4. The second-order valence-electron chi connectivity index (χ2n) is 8.25. The molecule has 0 bridgehead atoms. The van der Waals surface area contributed by atoms with Crippen molar-refractivity contribution in [3.8, 4) is 0 Å². The molecule has 118 valence electrons. The molecule has 0 spiro atoms. The van der Waals surface area contributed by atoms with Gasteiger partial charge in [0.25, 0.3) is 0 Å². The molecule has 1 heterocycles. The Morgan fingerprint density at radius 1 is 1.15 bits per heavy atom. The van der Waals surface area contributed by atoms with Crippen molar-refractivity contribution in [2.45, 2.75) is 91.3 Å². The van der Waals surface area contributed by atoms with Gasteiger partial charge in [-0.1, -0.05) is 47.0 Å². The minimum atomic E-state index is 0.364. The quantitative estimate of drug-likeness (QED) is 0.839. The molecule has 2 rings (SSSR count). The Hall–Kier alpha value is -0.0800. The first-order chi connectivity index (χ1) is 9.43. The topological polar surface area (TPSA) is 15.3 Å². The molecule has 1 N–H and O–H groups in total.